The molecule has 0 N–H and O–H groups in total. The van der Waals surface area contributed by atoms with Crippen LogP contribution in [0.2, 0.25) is 0 Å². The predicted molar refractivity (Wildman–Crippen MR) is 105 cm³/mol. The number of halogens is 1. The number of amidine groups is 1. The maximum absolute atomic E-state index is 12.0. The van der Waals surface area contributed by atoms with Crippen molar-refractivity contribution in [1.82, 2.24) is 9.80 Å². The van der Waals surface area contributed by atoms with Crippen molar-refractivity contribution in [2.45, 2.75) is 6.92 Å². The third kappa shape index (κ3) is 5.20. The third-order valence-corrected chi connectivity index (χ3v) is 5.05. The minimum absolute atomic E-state index is 0. The van der Waals surface area contributed by atoms with Crippen LogP contribution >= 0.6 is 24.2 Å². The lowest BCUT2D eigenvalue weighted by molar-refractivity contribution is -0.137. The third-order valence-electron chi connectivity index (χ3n) is 4.03. The maximum Gasteiger partial charge on any atom is 0.248 e. The van der Waals surface area contributed by atoms with E-state index in [2.05, 4.69) is 27.2 Å². The Bertz CT molecular complexity index is 631. The molecule has 1 saturated heterocycles. The lowest BCUT2D eigenvalue weighted by atomic mass is 10.1. The summed E-state index contributed by atoms with van der Waals surface area (Å²) in [7, 11) is 0. The lowest BCUT2D eigenvalue weighted by Gasteiger charge is -2.36. The first-order chi connectivity index (χ1) is 11.8. The predicted octanol–water partition coefficient (Wildman–Crippen LogP) is 2.10. The molecule has 2 aliphatic rings. The van der Waals surface area contributed by atoms with E-state index < -0.39 is 0 Å². The van der Waals surface area contributed by atoms with Gasteiger partial charge in [-0.05, 0) is 12.5 Å². The molecule has 0 radical (unpaired) electrons. The summed E-state index contributed by atoms with van der Waals surface area (Å²) in [5, 5.41) is 9.74. The number of carbonyl (C=O) groups is 1. The number of hydrogen-bond donors (Lipinski definition) is 0. The molecular weight excluding hydrogens is 360 g/mol. The van der Waals surface area contributed by atoms with Crippen molar-refractivity contribution in [3.05, 3.63) is 35.9 Å². The number of carbonyl (C=O) groups excluding carboxylic acids is 1. The molecule has 0 aliphatic carbocycles. The summed E-state index contributed by atoms with van der Waals surface area (Å²) in [4.78, 5) is 16.0. The highest BCUT2D eigenvalue weighted by Gasteiger charge is 2.25. The van der Waals surface area contributed by atoms with Gasteiger partial charge in [-0.3, -0.25) is 4.79 Å². The molecule has 0 saturated carbocycles. The van der Waals surface area contributed by atoms with Gasteiger partial charge in [-0.1, -0.05) is 42.1 Å². The summed E-state index contributed by atoms with van der Waals surface area (Å²) >= 11 is 1.71. The van der Waals surface area contributed by atoms with Crippen LogP contribution in [0, 0.1) is 0 Å². The Kier molecular flexibility index (Phi) is 7.74. The average Bonchev–Trinajstić information content (AvgIpc) is 2.67. The number of amides is 1. The standard InChI is InChI=1S/C17H22N4O2S.ClH/c1-2-23-12-16(22)20-8-10-21(11-9-20)17-19-18-15(13-24-17)14-6-4-3-5-7-14;/h3-7H,2,8-13H2,1H3;1H. The van der Waals surface area contributed by atoms with Crippen LogP contribution in [0.15, 0.2) is 40.5 Å². The SMILES string of the molecule is CCOCC(=O)N1CCN(C2=NN=C(c3ccccc3)CS2)CC1.Cl. The molecule has 25 heavy (non-hydrogen) atoms. The second-order valence-electron chi connectivity index (χ2n) is 5.59. The first-order valence-electron chi connectivity index (χ1n) is 8.21. The molecule has 1 fully saturated rings. The Morgan fingerprint density at radius 2 is 1.88 bits per heavy atom. The highest BCUT2D eigenvalue weighted by atomic mass is 35.5. The van der Waals surface area contributed by atoms with Gasteiger partial charge in [0, 0.05) is 38.5 Å². The van der Waals surface area contributed by atoms with Crippen molar-refractivity contribution in [1.29, 1.82) is 0 Å². The van der Waals surface area contributed by atoms with E-state index >= 15 is 0 Å². The van der Waals surface area contributed by atoms with Crippen LogP contribution in [-0.4, -0.2) is 71.7 Å². The number of rotatable bonds is 4. The minimum atomic E-state index is 0. The lowest BCUT2D eigenvalue weighted by Crippen LogP contribution is -2.51. The molecular formula is C17H23ClN4O2S. The molecule has 1 aromatic carbocycles. The molecule has 136 valence electrons. The number of piperazine rings is 1. The van der Waals surface area contributed by atoms with Crippen molar-refractivity contribution in [2.75, 3.05) is 45.1 Å². The van der Waals surface area contributed by atoms with Crippen LogP contribution < -0.4 is 0 Å². The fourth-order valence-electron chi connectivity index (χ4n) is 2.65. The van der Waals surface area contributed by atoms with E-state index in [4.69, 9.17) is 4.74 Å². The number of nitrogens with zero attached hydrogens (tertiary/aromatic N) is 4. The van der Waals surface area contributed by atoms with Gasteiger partial charge in [0.2, 0.25) is 5.91 Å². The van der Waals surface area contributed by atoms with Crippen molar-refractivity contribution < 1.29 is 9.53 Å². The number of benzene rings is 1. The van der Waals surface area contributed by atoms with E-state index in [9.17, 15) is 4.79 Å². The summed E-state index contributed by atoms with van der Waals surface area (Å²) in [6.07, 6.45) is 0. The minimum Gasteiger partial charge on any atom is -0.372 e. The molecule has 0 unspecified atom stereocenters. The van der Waals surface area contributed by atoms with E-state index in [1.165, 1.54) is 0 Å². The smallest absolute Gasteiger partial charge is 0.248 e. The van der Waals surface area contributed by atoms with Gasteiger partial charge in [0.15, 0.2) is 5.17 Å². The number of hydrogen-bond acceptors (Lipinski definition) is 6. The normalized spacial score (nSPS) is 17.5. The van der Waals surface area contributed by atoms with Crippen LogP contribution in [0.1, 0.15) is 12.5 Å². The highest BCUT2D eigenvalue weighted by molar-refractivity contribution is 8.14. The van der Waals surface area contributed by atoms with Crippen LogP contribution in [0.4, 0.5) is 0 Å². The molecule has 2 heterocycles. The van der Waals surface area contributed by atoms with Gasteiger partial charge in [-0.15, -0.1) is 17.5 Å². The summed E-state index contributed by atoms with van der Waals surface area (Å²) in [6, 6.07) is 10.1. The summed E-state index contributed by atoms with van der Waals surface area (Å²) < 4.78 is 5.20. The summed E-state index contributed by atoms with van der Waals surface area (Å²) in [5.41, 5.74) is 2.13. The molecule has 3 rings (SSSR count). The Labute approximate surface area is 158 Å². The molecule has 8 heteroatoms. The summed E-state index contributed by atoms with van der Waals surface area (Å²) in [6.45, 7) is 5.65. The van der Waals surface area contributed by atoms with E-state index in [1.807, 2.05) is 30.0 Å². The van der Waals surface area contributed by atoms with Gasteiger partial charge in [0.05, 0.1) is 5.71 Å². The molecule has 0 atom stereocenters. The van der Waals surface area contributed by atoms with Crippen LogP contribution in [0.5, 0.6) is 0 Å². The zero-order valence-corrected chi connectivity index (χ0v) is 15.9. The monoisotopic (exact) mass is 382 g/mol. The van der Waals surface area contributed by atoms with Gasteiger partial charge < -0.3 is 14.5 Å². The van der Waals surface area contributed by atoms with Crippen LogP contribution in [0.25, 0.3) is 0 Å². The molecule has 6 nitrogen and oxygen atoms in total. The van der Waals surface area contributed by atoms with Gasteiger partial charge in [-0.25, -0.2) is 0 Å². The molecule has 1 aromatic rings. The number of thioether (sulfide) groups is 1. The van der Waals surface area contributed by atoms with Crippen molar-refractivity contribution >= 4 is 41.0 Å². The zero-order chi connectivity index (χ0) is 16.8. The maximum atomic E-state index is 12.0. The first kappa shape index (κ1) is 19.8. The fraction of sp³-hybridized carbons (Fsp3) is 0.471. The molecule has 2 aliphatic heterocycles. The second-order valence-corrected chi connectivity index (χ2v) is 6.53. The molecule has 0 bridgehead atoms. The van der Waals surface area contributed by atoms with E-state index in [1.54, 1.807) is 11.8 Å². The van der Waals surface area contributed by atoms with Crippen LogP contribution in [-0.2, 0) is 9.53 Å². The summed E-state index contributed by atoms with van der Waals surface area (Å²) in [5.74, 6) is 0.894. The van der Waals surface area contributed by atoms with E-state index in [0.717, 1.165) is 35.3 Å². The number of ether oxygens (including phenoxy) is 1. The quantitative estimate of drug-likeness (QED) is 0.800. The molecule has 0 spiro atoms. The van der Waals surface area contributed by atoms with E-state index in [0.29, 0.717) is 19.7 Å². The first-order valence-corrected chi connectivity index (χ1v) is 9.19. The van der Waals surface area contributed by atoms with Crippen molar-refractivity contribution in [2.24, 2.45) is 10.2 Å². The highest BCUT2D eigenvalue weighted by Crippen LogP contribution is 2.19. The molecule has 0 aromatic heterocycles. The van der Waals surface area contributed by atoms with Gasteiger partial charge in [-0.2, -0.15) is 5.10 Å². The fourth-order valence-corrected chi connectivity index (χ4v) is 3.60. The zero-order valence-electron chi connectivity index (χ0n) is 14.3. The Morgan fingerprint density at radius 1 is 1.16 bits per heavy atom. The van der Waals surface area contributed by atoms with Gasteiger partial charge in [0.25, 0.3) is 0 Å². The van der Waals surface area contributed by atoms with Gasteiger partial charge >= 0.3 is 0 Å². The van der Waals surface area contributed by atoms with Crippen LogP contribution in [0.3, 0.4) is 0 Å². The topological polar surface area (TPSA) is 57.5 Å². The van der Waals surface area contributed by atoms with Crippen molar-refractivity contribution in [3.8, 4) is 0 Å². The van der Waals surface area contributed by atoms with E-state index in [-0.39, 0.29) is 24.9 Å². The van der Waals surface area contributed by atoms with Gasteiger partial charge in [0.1, 0.15) is 6.61 Å². The molecule has 1 amide bonds. The largest absolute Gasteiger partial charge is 0.372 e. The average molecular weight is 383 g/mol. The second kappa shape index (κ2) is 9.79. The Morgan fingerprint density at radius 3 is 2.48 bits per heavy atom. The Balaban J connectivity index is 0.00000225. The van der Waals surface area contributed by atoms with Crippen molar-refractivity contribution in [3.63, 3.8) is 0 Å². The Hall–Kier alpha value is -1.57.